The van der Waals surface area contributed by atoms with Gasteiger partial charge in [0.15, 0.2) is 0 Å². The molecule has 3 aliphatic heterocycles. The largest absolute Gasteiger partial charge is 0.461 e. The molecule has 5 atom stereocenters. The summed E-state index contributed by atoms with van der Waals surface area (Å²) in [7, 11) is 1.49. The molecule has 0 aromatic rings. The third-order valence-corrected chi connectivity index (χ3v) is 5.52. The molecule has 0 aromatic heterocycles. The Kier molecular flexibility index (Phi) is 4.09. The molecule has 138 valence electrons. The lowest BCUT2D eigenvalue weighted by Gasteiger charge is -2.36. The molecule has 3 fully saturated rings. The van der Waals surface area contributed by atoms with Gasteiger partial charge in [0.1, 0.15) is 5.60 Å². The Morgan fingerprint density at radius 3 is 2.84 bits per heavy atom. The molecule has 0 aromatic carbocycles. The highest BCUT2D eigenvalue weighted by molar-refractivity contribution is 5.93. The van der Waals surface area contributed by atoms with Gasteiger partial charge in [-0.3, -0.25) is 10.2 Å². The second-order valence-electron chi connectivity index (χ2n) is 6.93. The number of hydrogen-bond donors (Lipinski definition) is 2. The first-order chi connectivity index (χ1) is 12.0. The van der Waals surface area contributed by atoms with Crippen LogP contribution in [0.3, 0.4) is 0 Å². The zero-order chi connectivity index (χ0) is 17.6. The van der Waals surface area contributed by atoms with Crippen LogP contribution in [0.1, 0.15) is 13.3 Å². The Hall–Kier alpha value is -1.84. The summed E-state index contributed by atoms with van der Waals surface area (Å²) >= 11 is 0. The van der Waals surface area contributed by atoms with E-state index in [2.05, 4.69) is 10.7 Å². The number of carbonyl (C=O) groups excluding carboxylic acids is 2. The van der Waals surface area contributed by atoms with E-state index in [4.69, 9.17) is 18.9 Å². The molecule has 0 bridgehead atoms. The predicted octanol–water partition coefficient (Wildman–Crippen LogP) is -0.260. The maximum absolute atomic E-state index is 12.7. The molecule has 9 nitrogen and oxygen atoms in total. The number of amides is 2. The lowest BCUT2D eigenvalue weighted by Crippen LogP contribution is -2.51. The number of alkyl carbamates (subject to hydrolysis) is 1. The monoisotopic (exact) mass is 353 g/mol. The average Bonchev–Trinajstić information content (AvgIpc) is 3.16. The van der Waals surface area contributed by atoms with Crippen molar-refractivity contribution in [2.45, 2.75) is 31.3 Å². The molecule has 2 saturated heterocycles. The molecule has 25 heavy (non-hydrogen) atoms. The Bertz CT molecular complexity index is 605. The van der Waals surface area contributed by atoms with Crippen molar-refractivity contribution >= 4 is 12.0 Å². The van der Waals surface area contributed by atoms with Crippen molar-refractivity contribution in [2.75, 3.05) is 33.4 Å². The smallest absolute Gasteiger partial charge is 0.409 e. The first-order valence-electron chi connectivity index (χ1n) is 8.58. The minimum Gasteiger partial charge on any atom is -0.461 e. The zero-order valence-electron chi connectivity index (χ0n) is 14.3. The summed E-state index contributed by atoms with van der Waals surface area (Å²) in [5, 5.41) is 4.27. The highest BCUT2D eigenvalue weighted by atomic mass is 16.7. The van der Waals surface area contributed by atoms with Gasteiger partial charge in [-0.2, -0.15) is 0 Å². The van der Waals surface area contributed by atoms with E-state index in [1.165, 1.54) is 13.3 Å². The summed E-state index contributed by atoms with van der Waals surface area (Å²) in [6, 6.07) is 0. The van der Waals surface area contributed by atoms with Crippen LogP contribution in [0.2, 0.25) is 0 Å². The number of nitrogens with zero attached hydrogens (tertiary/aromatic N) is 1. The van der Waals surface area contributed by atoms with Crippen LogP contribution in [0.5, 0.6) is 0 Å². The summed E-state index contributed by atoms with van der Waals surface area (Å²) in [6.45, 7) is 4.48. The Labute approximate surface area is 145 Å². The predicted molar refractivity (Wildman–Crippen MR) is 83.9 cm³/mol. The summed E-state index contributed by atoms with van der Waals surface area (Å²) in [5.74, 6) is -0.446. The fraction of sp³-hybridized carbons (Fsp3) is 0.750. The number of carbonyl (C=O) groups is 2. The Morgan fingerprint density at radius 1 is 1.36 bits per heavy atom. The van der Waals surface area contributed by atoms with E-state index >= 15 is 0 Å². The van der Waals surface area contributed by atoms with Gasteiger partial charge in [-0.05, 0) is 13.3 Å². The van der Waals surface area contributed by atoms with E-state index in [9.17, 15) is 9.59 Å². The second kappa shape index (κ2) is 6.15. The summed E-state index contributed by atoms with van der Waals surface area (Å²) in [4.78, 5) is 24.3. The number of nitrogens with one attached hydrogen (secondary N) is 2. The fourth-order valence-electron chi connectivity index (χ4n) is 4.09. The van der Waals surface area contributed by atoms with E-state index in [1.807, 2.05) is 11.9 Å². The SMILES string of the molecule is CNC(=O)O[C@@H]1OC=C(C(=O)NN2CCOCC2)[C@H]2C[C@@H]3O[C@]3(C)[C@H]12. The van der Waals surface area contributed by atoms with Crippen molar-refractivity contribution in [3.05, 3.63) is 11.8 Å². The lowest BCUT2D eigenvalue weighted by atomic mass is 9.82. The number of epoxide rings is 1. The molecule has 0 unspecified atom stereocenters. The summed E-state index contributed by atoms with van der Waals surface area (Å²) in [6.07, 6.45) is 0.895. The van der Waals surface area contributed by atoms with Crippen LogP contribution in [0.25, 0.3) is 0 Å². The van der Waals surface area contributed by atoms with Crippen molar-refractivity contribution in [2.24, 2.45) is 11.8 Å². The molecule has 3 heterocycles. The fourth-order valence-corrected chi connectivity index (χ4v) is 4.09. The minimum atomic E-state index is -0.762. The van der Waals surface area contributed by atoms with Gasteiger partial charge < -0.3 is 24.3 Å². The molecule has 0 radical (unpaired) electrons. The van der Waals surface area contributed by atoms with Gasteiger partial charge in [0.2, 0.25) is 0 Å². The van der Waals surface area contributed by atoms with Gasteiger partial charge in [-0.15, -0.1) is 0 Å². The van der Waals surface area contributed by atoms with Crippen molar-refractivity contribution in [3.63, 3.8) is 0 Å². The third kappa shape index (κ3) is 2.86. The van der Waals surface area contributed by atoms with Crippen LogP contribution in [-0.4, -0.2) is 68.4 Å². The average molecular weight is 353 g/mol. The van der Waals surface area contributed by atoms with Crippen LogP contribution in [0, 0.1) is 11.8 Å². The molecular formula is C16H23N3O6. The number of ether oxygens (including phenoxy) is 4. The van der Waals surface area contributed by atoms with Gasteiger partial charge in [0.25, 0.3) is 12.2 Å². The van der Waals surface area contributed by atoms with Gasteiger partial charge in [-0.1, -0.05) is 0 Å². The van der Waals surface area contributed by atoms with Crippen molar-refractivity contribution < 1.29 is 28.5 Å². The quantitative estimate of drug-likeness (QED) is 0.674. The standard InChI is InChI=1S/C16H23N3O6/c1-16-11(25-16)7-9-10(13(20)18-19-3-5-22-6-4-19)8-23-14(12(9)16)24-15(21)17-2/h8-9,11-12,14H,3-7H2,1-2H3,(H,17,21)(H,18,20)/t9-,11+,12+,14+,16+/m1/s1. The molecule has 4 rings (SSSR count). The molecule has 1 saturated carbocycles. The molecule has 0 spiro atoms. The number of fused-ring (bicyclic) bond motifs is 3. The van der Waals surface area contributed by atoms with E-state index in [1.54, 1.807) is 0 Å². The Balaban J connectivity index is 1.50. The van der Waals surface area contributed by atoms with Crippen molar-refractivity contribution in [1.82, 2.24) is 15.8 Å². The van der Waals surface area contributed by atoms with E-state index < -0.39 is 18.0 Å². The zero-order valence-corrected chi connectivity index (χ0v) is 14.3. The molecule has 1 aliphatic carbocycles. The van der Waals surface area contributed by atoms with Gasteiger partial charge in [0, 0.05) is 26.1 Å². The maximum atomic E-state index is 12.7. The highest BCUT2D eigenvalue weighted by Crippen LogP contribution is 2.60. The number of hydrogen-bond acceptors (Lipinski definition) is 7. The second-order valence-corrected chi connectivity index (χ2v) is 6.93. The van der Waals surface area contributed by atoms with Crippen LogP contribution in [0.15, 0.2) is 11.8 Å². The minimum absolute atomic E-state index is 0.0619. The van der Waals surface area contributed by atoms with Crippen LogP contribution >= 0.6 is 0 Å². The molecule has 4 aliphatic rings. The Morgan fingerprint density at radius 2 is 2.12 bits per heavy atom. The molecule has 9 heteroatoms. The third-order valence-electron chi connectivity index (χ3n) is 5.52. The topological polar surface area (TPSA) is 102 Å². The maximum Gasteiger partial charge on any atom is 0.409 e. The van der Waals surface area contributed by atoms with Gasteiger partial charge in [-0.25, -0.2) is 9.80 Å². The van der Waals surface area contributed by atoms with E-state index in [-0.39, 0.29) is 23.8 Å². The van der Waals surface area contributed by atoms with Crippen LogP contribution < -0.4 is 10.7 Å². The van der Waals surface area contributed by atoms with Gasteiger partial charge >= 0.3 is 6.09 Å². The summed E-state index contributed by atoms with van der Waals surface area (Å²) < 4.78 is 22.0. The lowest BCUT2D eigenvalue weighted by molar-refractivity contribution is -0.144. The number of morpholine rings is 1. The number of rotatable bonds is 3. The van der Waals surface area contributed by atoms with Crippen molar-refractivity contribution in [3.8, 4) is 0 Å². The normalized spacial score (nSPS) is 39.4. The molecular weight excluding hydrogens is 330 g/mol. The van der Waals surface area contributed by atoms with Gasteiger partial charge in [0.05, 0.1) is 37.1 Å². The van der Waals surface area contributed by atoms with E-state index in [0.29, 0.717) is 31.9 Å². The molecule has 2 N–H and O–H groups in total. The van der Waals surface area contributed by atoms with Crippen LogP contribution in [-0.2, 0) is 23.7 Å². The van der Waals surface area contributed by atoms with Crippen molar-refractivity contribution in [1.29, 1.82) is 0 Å². The first-order valence-corrected chi connectivity index (χ1v) is 8.58. The van der Waals surface area contributed by atoms with E-state index in [0.717, 1.165) is 6.42 Å². The molecule has 2 amide bonds. The first kappa shape index (κ1) is 16.6. The van der Waals surface area contributed by atoms with Crippen LogP contribution in [0.4, 0.5) is 4.79 Å². The summed E-state index contributed by atoms with van der Waals surface area (Å²) in [5.41, 5.74) is 3.08. The highest BCUT2D eigenvalue weighted by Gasteiger charge is 2.70. The number of hydrazine groups is 1.